The molecular weight excluding hydrogens is 378 g/mol. The summed E-state index contributed by atoms with van der Waals surface area (Å²) in [6, 6.07) is 18.5. The van der Waals surface area contributed by atoms with Crippen molar-refractivity contribution in [3.8, 4) is 0 Å². The Kier molecular flexibility index (Phi) is 4.47. The normalized spacial score (nSPS) is 14.7. The maximum absolute atomic E-state index is 13.0. The highest BCUT2D eigenvalue weighted by molar-refractivity contribution is 7.22. The van der Waals surface area contributed by atoms with E-state index in [1.165, 1.54) is 15.8 Å². The number of aryl methyl sites for hydroxylation is 2. The molecule has 0 spiro atoms. The lowest BCUT2D eigenvalue weighted by molar-refractivity contribution is 0.0747. The summed E-state index contributed by atoms with van der Waals surface area (Å²) < 4.78 is 1.24. The van der Waals surface area contributed by atoms with Gasteiger partial charge in [-0.15, -0.1) is 0 Å². The molecule has 5 rings (SSSR count). The van der Waals surface area contributed by atoms with E-state index < -0.39 is 0 Å². The van der Waals surface area contributed by atoms with E-state index >= 15 is 0 Å². The predicted octanol–water partition coefficient (Wildman–Crippen LogP) is 5.03. The van der Waals surface area contributed by atoms with E-state index in [1.54, 1.807) is 11.3 Å². The second kappa shape index (κ2) is 7.16. The summed E-state index contributed by atoms with van der Waals surface area (Å²) in [5.74, 6) is 0.117. The van der Waals surface area contributed by atoms with Crippen molar-refractivity contribution in [3.63, 3.8) is 0 Å². The molecule has 1 saturated heterocycles. The molecule has 0 N–H and O–H groups in total. The molecule has 1 amide bonds. The van der Waals surface area contributed by atoms with Gasteiger partial charge in [0.1, 0.15) is 0 Å². The van der Waals surface area contributed by atoms with E-state index in [-0.39, 0.29) is 5.91 Å². The molecule has 0 radical (unpaired) electrons. The first-order valence-electron chi connectivity index (χ1n) is 9.99. The van der Waals surface area contributed by atoms with Crippen LogP contribution in [0, 0.1) is 13.8 Å². The number of rotatable bonds is 2. The quantitative estimate of drug-likeness (QED) is 0.473. The molecule has 1 aromatic heterocycles. The molecule has 146 valence electrons. The molecule has 0 aliphatic carbocycles. The van der Waals surface area contributed by atoms with Gasteiger partial charge in [0.15, 0.2) is 5.13 Å². The molecule has 0 unspecified atom stereocenters. The third-order valence-electron chi connectivity index (χ3n) is 5.65. The molecular formula is C24H23N3OS. The van der Waals surface area contributed by atoms with Gasteiger partial charge in [0, 0.05) is 31.7 Å². The van der Waals surface area contributed by atoms with Gasteiger partial charge in [-0.2, -0.15) is 0 Å². The monoisotopic (exact) mass is 401 g/mol. The molecule has 2 heterocycles. The summed E-state index contributed by atoms with van der Waals surface area (Å²) in [4.78, 5) is 22.2. The number of anilines is 1. The third kappa shape index (κ3) is 3.36. The molecule has 29 heavy (non-hydrogen) atoms. The Balaban J connectivity index is 1.32. The minimum atomic E-state index is 0.117. The van der Waals surface area contributed by atoms with Gasteiger partial charge in [-0.1, -0.05) is 47.7 Å². The first-order chi connectivity index (χ1) is 14.1. The van der Waals surface area contributed by atoms with E-state index in [0.29, 0.717) is 0 Å². The van der Waals surface area contributed by atoms with Gasteiger partial charge >= 0.3 is 0 Å². The van der Waals surface area contributed by atoms with Crippen LogP contribution in [0.5, 0.6) is 0 Å². The third-order valence-corrected chi connectivity index (χ3v) is 6.72. The van der Waals surface area contributed by atoms with Crippen LogP contribution >= 0.6 is 11.3 Å². The zero-order valence-electron chi connectivity index (χ0n) is 16.7. The lowest BCUT2D eigenvalue weighted by atomic mass is 10.1. The molecule has 1 aliphatic heterocycles. The molecule has 4 nitrogen and oxygen atoms in total. The van der Waals surface area contributed by atoms with Gasteiger partial charge in [0.25, 0.3) is 5.91 Å². The van der Waals surface area contributed by atoms with Crippen molar-refractivity contribution in [3.05, 3.63) is 71.3 Å². The second-order valence-corrected chi connectivity index (χ2v) is 8.78. The molecule has 0 atom stereocenters. The lowest BCUT2D eigenvalue weighted by Gasteiger charge is -2.34. The number of benzene rings is 3. The number of amides is 1. The van der Waals surface area contributed by atoms with Gasteiger partial charge in [-0.25, -0.2) is 4.98 Å². The predicted molar refractivity (Wildman–Crippen MR) is 121 cm³/mol. The standard InChI is InChI=1S/C24H23N3OS/c1-16-13-17(2)22-21(14-16)29-24(25-22)27-11-9-26(10-12-27)23(28)20-8-7-18-5-3-4-6-19(18)15-20/h3-8,13-15H,9-12H2,1-2H3. The number of aromatic nitrogens is 1. The smallest absolute Gasteiger partial charge is 0.253 e. The van der Waals surface area contributed by atoms with Gasteiger partial charge < -0.3 is 9.80 Å². The highest BCUT2D eigenvalue weighted by Gasteiger charge is 2.24. The van der Waals surface area contributed by atoms with Gasteiger partial charge in [-0.05, 0) is 53.9 Å². The fourth-order valence-electron chi connectivity index (χ4n) is 4.10. The average Bonchev–Trinajstić information content (AvgIpc) is 3.17. The van der Waals surface area contributed by atoms with Crippen molar-refractivity contribution in [2.75, 3.05) is 31.1 Å². The van der Waals surface area contributed by atoms with Gasteiger partial charge in [0.2, 0.25) is 0 Å². The largest absolute Gasteiger partial charge is 0.345 e. The Hall–Kier alpha value is -2.92. The van der Waals surface area contributed by atoms with Crippen LogP contribution in [0.15, 0.2) is 54.6 Å². The lowest BCUT2D eigenvalue weighted by Crippen LogP contribution is -2.48. The Morgan fingerprint density at radius 3 is 2.48 bits per heavy atom. The molecule has 3 aromatic carbocycles. The molecule has 1 fully saturated rings. The van der Waals surface area contributed by atoms with E-state index in [2.05, 4.69) is 43.0 Å². The number of piperazine rings is 1. The summed E-state index contributed by atoms with van der Waals surface area (Å²) in [5, 5.41) is 3.33. The van der Waals surface area contributed by atoms with Crippen molar-refractivity contribution in [2.45, 2.75) is 13.8 Å². The first-order valence-corrected chi connectivity index (χ1v) is 10.8. The van der Waals surface area contributed by atoms with Crippen molar-refractivity contribution >= 4 is 43.4 Å². The number of thiazole rings is 1. The van der Waals surface area contributed by atoms with E-state index in [1.807, 2.05) is 35.2 Å². The number of hydrogen-bond donors (Lipinski definition) is 0. The van der Waals surface area contributed by atoms with Crippen LogP contribution in [0.3, 0.4) is 0 Å². The highest BCUT2D eigenvalue weighted by atomic mass is 32.1. The Bertz CT molecular complexity index is 1220. The Morgan fingerprint density at radius 2 is 1.69 bits per heavy atom. The summed E-state index contributed by atoms with van der Waals surface area (Å²) in [6.07, 6.45) is 0. The summed E-state index contributed by atoms with van der Waals surface area (Å²) in [7, 11) is 0. The van der Waals surface area contributed by atoms with Crippen LogP contribution in [-0.2, 0) is 0 Å². The number of carbonyl (C=O) groups excluding carboxylic acids is 1. The summed E-state index contributed by atoms with van der Waals surface area (Å²) >= 11 is 1.75. The Morgan fingerprint density at radius 1 is 0.931 bits per heavy atom. The van der Waals surface area contributed by atoms with Crippen molar-refractivity contribution in [1.82, 2.24) is 9.88 Å². The van der Waals surface area contributed by atoms with Crippen LogP contribution < -0.4 is 4.90 Å². The van der Waals surface area contributed by atoms with Crippen LogP contribution in [0.4, 0.5) is 5.13 Å². The molecule has 1 aliphatic rings. The second-order valence-electron chi connectivity index (χ2n) is 7.77. The van der Waals surface area contributed by atoms with E-state index in [0.717, 1.165) is 53.2 Å². The number of fused-ring (bicyclic) bond motifs is 2. The first kappa shape index (κ1) is 18.1. The van der Waals surface area contributed by atoms with Crippen LogP contribution in [0.2, 0.25) is 0 Å². The van der Waals surface area contributed by atoms with Crippen molar-refractivity contribution < 1.29 is 4.79 Å². The van der Waals surface area contributed by atoms with Crippen molar-refractivity contribution in [1.29, 1.82) is 0 Å². The van der Waals surface area contributed by atoms with Crippen LogP contribution in [0.1, 0.15) is 21.5 Å². The van der Waals surface area contributed by atoms with Crippen LogP contribution in [-0.4, -0.2) is 42.0 Å². The SMILES string of the molecule is Cc1cc(C)c2nc(N3CCN(C(=O)c4ccc5ccccc5c4)CC3)sc2c1. The van der Waals surface area contributed by atoms with E-state index in [4.69, 9.17) is 4.98 Å². The number of hydrogen-bond acceptors (Lipinski definition) is 4. The van der Waals surface area contributed by atoms with Crippen molar-refractivity contribution in [2.24, 2.45) is 0 Å². The fourth-order valence-corrected chi connectivity index (χ4v) is 5.29. The number of carbonyl (C=O) groups is 1. The minimum Gasteiger partial charge on any atom is -0.345 e. The molecule has 0 bridgehead atoms. The molecule has 5 heteroatoms. The Labute approximate surface area is 174 Å². The molecule has 4 aromatic rings. The highest BCUT2D eigenvalue weighted by Crippen LogP contribution is 2.32. The maximum atomic E-state index is 13.0. The van der Waals surface area contributed by atoms with Gasteiger partial charge in [0.05, 0.1) is 10.2 Å². The topological polar surface area (TPSA) is 36.4 Å². The zero-order chi connectivity index (χ0) is 20.0. The van der Waals surface area contributed by atoms with Crippen LogP contribution in [0.25, 0.3) is 21.0 Å². The number of nitrogens with zero attached hydrogens (tertiary/aromatic N) is 3. The summed E-state index contributed by atoms with van der Waals surface area (Å²) in [5.41, 5.74) is 4.37. The summed E-state index contributed by atoms with van der Waals surface area (Å²) in [6.45, 7) is 7.33. The minimum absolute atomic E-state index is 0.117. The average molecular weight is 402 g/mol. The van der Waals surface area contributed by atoms with E-state index in [9.17, 15) is 4.79 Å². The van der Waals surface area contributed by atoms with Gasteiger partial charge in [-0.3, -0.25) is 4.79 Å². The zero-order valence-corrected chi connectivity index (χ0v) is 17.5. The fraction of sp³-hybridized carbons (Fsp3) is 0.250. The molecule has 0 saturated carbocycles. The maximum Gasteiger partial charge on any atom is 0.253 e.